The summed E-state index contributed by atoms with van der Waals surface area (Å²) in [6.07, 6.45) is -0.515. The average Bonchev–Trinajstić information content (AvgIpc) is 3.33. The third-order valence-corrected chi connectivity index (χ3v) is 6.17. The van der Waals surface area contributed by atoms with Gasteiger partial charge in [0.1, 0.15) is 11.9 Å². The van der Waals surface area contributed by atoms with Gasteiger partial charge in [-0.3, -0.25) is 4.79 Å². The molecule has 0 fully saturated rings. The molecule has 1 N–H and O–H groups in total. The van der Waals surface area contributed by atoms with E-state index in [4.69, 9.17) is 13.9 Å². The van der Waals surface area contributed by atoms with E-state index < -0.39 is 11.4 Å². The number of anilines is 1. The van der Waals surface area contributed by atoms with Crippen molar-refractivity contribution < 1.29 is 18.7 Å². The maximum atomic E-state index is 13.2. The highest BCUT2D eigenvalue weighted by Gasteiger charge is 2.29. The number of ether oxygens (including phenoxy) is 2. The Bertz CT molecular complexity index is 1240. The Morgan fingerprint density at radius 3 is 2.48 bits per heavy atom. The van der Waals surface area contributed by atoms with Crippen molar-refractivity contribution in [2.24, 2.45) is 0 Å². The van der Waals surface area contributed by atoms with Crippen LogP contribution in [0.1, 0.15) is 28.4 Å². The van der Waals surface area contributed by atoms with E-state index in [2.05, 4.69) is 15.5 Å². The summed E-state index contributed by atoms with van der Waals surface area (Å²) in [5.74, 6) is 1.43. The topological polar surface area (TPSA) is 86.5 Å². The first-order valence-corrected chi connectivity index (χ1v) is 11.3. The standard InChI is InChI=1S/C25H21N3O4S/c1-16-11-13-18(14-12-16)26-23(29)22(17-7-3-2-4-8-17)33-25-28-27-24(32-25)21-15-30-19-9-5-6-10-20(19)31-21/h2-14,21-22H,15H2,1H3,(H,26,29). The molecule has 33 heavy (non-hydrogen) atoms. The van der Waals surface area contributed by atoms with Gasteiger partial charge in [0, 0.05) is 5.69 Å². The zero-order valence-corrected chi connectivity index (χ0v) is 18.6. The van der Waals surface area contributed by atoms with Crippen LogP contribution in [-0.4, -0.2) is 22.7 Å². The van der Waals surface area contributed by atoms with Gasteiger partial charge in [-0.05, 0) is 48.5 Å². The number of benzene rings is 3. The number of carbonyl (C=O) groups is 1. The number of amides is 1. The normalized spacial score (nSPS) is 15.6. The molecule has 2 atom stereocenters. The Hall–Kier alpha value is -3.78. The number of rotatable bonds is 6. The molecular formula is C25H21N3O4S. The Morgan fingerprint density at radius 2 is 1.70 bits per heavy atom. The number of hydrogen-bond donors (Lipinski definition) is 1. The first-order valence-electron chi connectivity index (χ1n) is 10.5. The predicted octanol–water partition coefficient (Wildman–Crippen LogP) is 5.36. The minimum atomic E-state index is -0.579. The number of thioether (sulfide) groups is 1. The summed E-state index contributed by atoms with van der Waals surface area (Å²) in [6.45, 7) is 2.26. The number of nitrogens with one attached hydrogen (secondary N) is 1. The van der Waals surface area contributed by atoms with Crippen molar-refractivity contribution in [3.8, 4) is 11.5 Å². The molecule has 1 aliphatic heterocycles. The molecule has 7 nitrogen and oxygen atoms in total. The van der Waals surface area contributed by atoms with Crippen molar-refractivity contribution in [2.75, 3.05) is 11.9 Å². The van der Waals surface area contributed by atoms with Gasteiger partial charge in [0.15, 0.2) is 11.5 Å². The monoisotopic (exact) mass is 459 g/mol. The fourth-order valence-corrected chi connectivity index (χ4v) is 4.27. The fourth-order valence-electron chi connectivity index (χ4n) is 3.39. The Balaban J connectivity index is 1.34. The molecule has 2 unspecified atom stereocenters. The molecule has 1 amide bonds. The number of aromatic nitrogens is 2. The van der Waals surface area contributed by atoms with Crippen LogP contribution in [0.15, 0.2) is 88.5 Å². The molecule has 0 spiro atoms. The largest absolute Gasteiger partial charge is 0.485 e. The van der Waals surface area contributed by atoms with Gasteiger partial charge in [0.25, 0.3) is 11.1 Å². The van der Waals surface area contributed by atoms with Crippen molar-refractivity contribution in [1.29, 1.82) is 0 Å². The van der Waals surface area contributed by atoms with E-state index in [0.29, 0.717) is 17.4 Å². The van der Waals surface area contributed by atoms with Gasteiger partial charge < -0.3 is 19.2 Å². The molecule has 0 aliphatic carbocycles. The Labute approximate surface area is 195 Å². The minimum absolute atomic E-state index is 0.180. The van der Waals surface area contributed by atoms with Crippen molar-refractivity contribution in [3.05, 3.63) is 95.9 Å². The van der Waals surface area contributed by atoms with Crippen molar-refractivity contribution in [2.45, 2.75) is 23.5 Å². The second-order valence-electron chi connectivity index (χ2n) is 7.53. The minimum Gasteiger partial charge on any atom is -0.485 e. The second kappa shape index (κ2) is 9.38. The van der Waals surface area contributed by atoms with E-state index in [-0.39, 0.29) is 17.7 Å². The molecule has 1 aliphatic rings. The van der Waals surface area contributed by atoms with E-state index in [1.54, 1.807) is 0 Å². The molecule has 4 aromatic rings. The van der Waals surface area contributed by atoms with Gasteiger partial charge in [0.2, 0.25) is 12.0 Å². The first-order chi connectivity index (χ1) is 16.2. The molecule has 0 bridgehead atoms. The number of aryl methyl sites for hydroxylation is 1. The van der Waals surface area contributed by atoms with Crippen LogP contribution < -0.4 is 14.8 Å². The Kier molecular flexibility index (Phi) is 5.99. The molecule has 0 radical (unpaired) electrons. The van der Waals surface area contributed by atoms with Gasteiger partial charge in [-0.1, -0.05) is 60.2 Å². The molecule has 8 heteroatoms. The summed E-state index contributed by atoms with van der Waals surface area (Å²) in [5, 5.41) is 11.0. The summed E-state index contributed by atoms with van der Waals surface area (Å²) in [4.78, 5) is 13.2. The van der Waals surface area contributed by atoms with Gasteiger partial charge in [0.05, 0.1) is 0 Å². The van der Waals surface area contributed by atoms with Crippen LogP contribution >= 0.6 is 11.8 Å². The van der Waals surface area contributed by atoms with E-state index in [1.165, 1.54) is 11.8 Å². The Morgan fingerprint density at radius 1 is 0.970 bits per heavy atom. The highest BCUT2D eigenvalue weighted by atomic mass is 32.2. The van der Waals surface area contributed by atoms with Crippen LogP contribution in [-0.2, 0) is 4.79 Å². The average molecular weight is 460 g/mol. The van der Waals surface area contributed by atoms with Gasteiger partial charge in [-0.2, -0.15) is 0 Å². The SMILES string of the molecule is Cc1ccc(NC(=O)C(Sc2nnc(C3COc4ccccc4O3)o2)c2ccccc2)cc1. The van der Waals surface area contributed by atoms with Crippen LogP contribution in [0.2, 0.25) is 0 Å². The van der Waals surface area contributed by atoms with Crippen LogP contribution in [0, 0.1) is 6.92 Å². The lowest BCUT2D eigenvalue weighted by Crippen LogP contribution is -2.21. The van der Waals surface area contributed by atoms with Crippen LogP contribution in [0.3, 0.4) is 0 Å². The smallest absolute Gasteiger partial charge is 0.277 e. The van der Waals surface area contributed by atoms with Gasteiger partial charge in [-0.15, -0.1) is 10.2 Å². The van der Waals surface area contributed by atoms with Gasteiger partial charge >= 0.3 is 0 Å². The summed E-state index contributed by atoms with van der Waals surface area (Å²) in [6, 6.07) is 24.6. The number of fused-ring (bicyclic) bond motifs is 1. The van der Waals surface area contributed by atoms with Crippen LogP contribution in [0.4, 0.5) is 5.69 Å². The maximum absolute atomic E-state index is 13.2. The lowest BCUT2D eigenvalue weighted by atomic mass is 10.1. The number of carbonyl (C=O) groups excluding carboxylic acids is 1. The molecular weight excluding hydrogens is 438 g/mol. The third kappa shape index (κ3) is 4.85. The number of nitrogens with zero attached hydrogens (tertiary/aromatic N) is 2. The molecule has 0 saturated heterocycles. The lowest BCUT2D eigenvalue weighted by Gasteiger charge is -2.23. The predicted molar refractivity (Wildman–Crippen MR) is 124 cm³/mol. The van der Waals surface area contributed by atoms with E-state index in [0.717, 1.165) is 16.8 Å². The summed E-state index contributed by atoms with van der Waals surface area (Å²) in [7, 11) is 0. The van der Waals surface area contributed by atoms with Crippen LogP contribution in [0.5, 0.6) is 11.5 Å². The fraction of sp³-hybridized carbons (Fsp3) is 0.160. The molecule has 166 valence electrons. The highest BCUT2D eigenvalue weighted by Crippen LogP contribution is 2.38. The summed E-state index contributed by atoms with van der Waals surface area (Å²) >= 11 is 1.19. The first kappa shape index (κ1) is 21.1. The van der Waals surface area contributed by atoms with Crippen molar-refractivity contribution in [1.82, 2.24) is 10.2 Å². The van der Waals surface area contributed by atoms with Gasteiger partial charge in [-0.25, -0.2) is 0 Å². The summed E-state index contributed by atoms with van der Waals surface area (Å²) < 4.78 is 17.5. The second-order valence-corrected chi connectivity index (χ2v) is 8.59. The number of hydrogen-bond acceptors (Lipinski definition) is 7. The highest BCUT2D eigenvalue weighted by molar-refractivity contribution is 8.00. The quantitative estimate of drug-likeness (QED) is 0.388. The van der Waals surface area contributed by atoms with Crippen molar-refractivity contribution in [3.63, 3.8) is 0 Å². The molecule has 2 heterocycles. The zero-order valence-electron chi connectivity index (χ0n) is 17.8. The molecule has 0 saturated carbocycles. The van der Waals surface area contributed by atoms with E-state index >= 15 is 0 Å². The maximum Gasteiger partial charge on any atom is 0.277 e. The zero-order chi connectivity index (χ0) is 22.6. The molecule has 1 aromatic heterocycles. The van der Waals surface area contributed by atoms with E-state index in [9.17, 15) is 4.79 Å². The third-order valence-electron chi connectivity index (χ3n) is 5.08. The summed E-state index contributed by atoms with van der Waals surface area (Å²) in [5.41, 5.74) is 2.68. The molecule has 3 aromatic carbocycles. The van der Waals surface area contributed by atoms with Crippen LogP contribution in [0.25, 0.3) is 0 Å². The lowest BCUT2D eigenvalue weighted by molar-refractivity contribution is -0.115. The van der Waals surface area contributed by atoms with Crippen molar-refractivity contribution >= 4 is 23.4 Å². The molecule has 5 rings (SSSR count). The number of para-hydroxylation sites is 2. The van der Waals surface area contributed by atoms with E-state index in [1.807, 2.05) is 85.8 Å².